The van der Waals surface area contributed by atoms with Crippen LogP contribution in [0.2, 0.25) is 0 Å². The van der Waals surface area contributed by atoms with Crippen molar-refractivity contribution in [3.63, 3.8) is 0 Å². The van der Waals surface area contributed by atoms with E-state index in [4.69, 9.17) is 10.5 Å². The normalized spacial score (nSPS) is 11.4. The molecule has 27 heavy (non-hydrogen) atoms. The highest BCUT2D eigenvalue weighted by molar-refractivity contribution is 8.00. The second-order valence-electron chi connectivity index (χ2n) is 5.98. The van der Waals surface area contributed by atoms with Crippen LogP contribution in [0.25, 0.3) is 0 Å². The van der Waals surface area contributed by atoms with Crippen molar-refractivity contribution in [2.45, 2.75) is 24.2 Å². The molecule has 0 fully saturated rings. The molecule has 0 aliphatic heterocycles. The molecule has 0 saturated carbocycles. The average Bonchev–Trinajstić information content (AvgIpc) is 2.66. The van der Waals surface area contributed by atoms with Gasteiger partial charge < -0.3 is 15.8 Å². The molecular formula is C20H22N2O4S. The van der Waals surface area contributed by atoms with E-state index in [1.807, 2.05) is 37.3 Å². The Balaban J connectivity index is 1.82. The standard InChI is InChI=1S/C20H22N2O4S/c1-14(15-7-3-2-4-8-15)11-20(25)26-12-19(24)22-16-9-5-6-10-17(16)27-13-18(21)23/h2-10,14H,11-13H2,1H3,(H2,21,23)(H,22,24)/t14-/m1/s1. The van der Waals surface area contributed by atoms with E-state index in [9.17, 15) is 14.4 Å². The smallest absolute Gasteiger partial charge is 0.306 e. The largest absolute Gasteiger partial charge is 0.456 e. The summed E-state index contributed by atoms with van der Waals surface area (Å²) in [5.74, 6) is -1.20. The molecule has 2 rings (SSSR count). The Morgan fingerprint density at radius 3 is 2.44 bits per heavy atom. The van der Waals surface area contributed by atoms with E-state index in [-0.39, 0.29) is 24.7 Å². The van der Waals surface area contributed by atoms with Gasteiger partial charge in [-0.25, -0.2) is 0 Å². The second kappa shape index (κ2) is 10.4. The lowest BCUT2D eigenvalue weighted by atomic mass is 9.98. The van der Waals surface area contributed by atoms with Crippen molar-refractivity contribution in [3.05, 3.63) is 60.2 Å². The Kier molecular flexibility index (Phi) is 7.88. The zero-order valence-electron chi connectivity index (χ0n) is 15.0. The molecule has 0 aliphatic carbocycles. The van der Waals surface area contributed by atoms with Crippen LogP contribution in [0.15, 0.2) is 59.5 Å². The summed E-state index contributed by atoms with van der Waals surface area (Å²) in [6.07, 6.45) is 0.197. The number of hydrogen-bond donors (Lipinski definition) is 2. The van der Waals surface area contributed by atoms with Gasteiger partial charge in [-0.3, -0.25) is 14.4 Å². The first-order valence-corrected chi connectivity index (χ1v) is 9.45. The lowest BCUT2D eigenvalue weighted by Gasteiger charge is -2.12. The van der Waals surface area contributed by atoms with E-state index in [1.54, 1.807) is 24.3 Å². The molecule has 6 nitrogen and oxygen atoms in total. The molecule has 0 spiro atoms. The van der Waals surface area contributed by atoms with Gasteiger partial charge in [-0.2, -0.15) is 0 Å². The number of esters is 1. The van der Waals surface area contributed by atoms with Gasteiger partial charge in [-0.15, -0.1) is 11.8 Å². The molecular weight excluding hydrogens is 364 g/mol. The first-order valence-electron chi connectivity index (χ1n) is 8.46. The zero-order valence-corrected chi connectivity index (χ0v) is 15.8. The quantitative estimate of drug-likeness (QED) is 0.510. The van der Waals surface area contributed by atoms with E-state index in [0.717, 1.165) is 5.56 Å². The fourth-order valence-electron chi connectivity index (χ4n) is 2.39. The first kappa shape index (κ1) is 20.5. The predicted molar refractivity (Wildman–Crippen MR) is 105 cm³/mol. The Morgan fingerprint density at radius 1 is 1.07 bits per heavy atom. The van der Waals surface area contributed by atoms with E-state index >= 15 is 0 Å². The minimum atomic E-state index is -0.442. The molecule has 2 amide bonds. The number of para-hydroxylation sites is 1. The van der Waals surface area contributed by atoms with Crippen molar-refractivity contribution in [1.82, 2.24) is 0 Å². The summed E-state index contributed by atoms with van der Waals surface area (Å²) in [6, 6.07) is 16.7. The van der Waals surface area contributed by atoms with Gasteiger partial charge in [-0.1, -0.05) is 49.4 Å². The van der Waals surface area contributed by atoms with Crippen LogP contribution in [0.1, 0.15) is 24.8 Å². The van der Waals surface area contributed by atoms with E-state index in [1.165, 1.54) is 11.8 Å². The fraction of sp³-hybridized carbons (Fsp3) is 0.250. The number of hydrogen-bond acceptors (Lipinski definition) is 5. The maximum absolute atomic E-state index is 12.1. The minimum absolute atomic E-state index is 0.00712. The van der Waals surface area contributed by atoms with Crippen molar-refractivity contribution in [2.75, 3.05) is 17.7 Å². The van der Waals surface area contributed by atoms with Crippen molar-refractivity contribution in [2.24, 2.45) is 5.73 Å². The summed E-state index contributed by atoms with van der Waals surface area (Å²) in [5.41, 5.74) is 6.73. The molecule has 0 heterocycles. The number of nitrogens with two attached hydrogens (primary N) is 1. The van der Waals surface area contributed by atoms with Gasteiger partial charge in [-0.05, 0) is 23.6 Å². The van der Waals surface area contributed by atoms with Crippen LogP contribution in [0.5, 0.6) is 0 Å². The molecule has 7 heteroatoms. The molecule has 0 aliphatic rings. The van der Waals surface area contributed by atoms with Gasteiger partial charge in [0, 0.05) is 4.90 Å². The summed E-state index contributed by atoms with van der Waals surface area (Å²) in [6.45, 7) is 1.57. The Morgan fingerprint density at radius 2 is 1.74 bits per heavy atom. The lowest BCUT2D eigenvalue weighted by Crippen LogP contribution is -2.22. The number of thioether (sulfide) groups is 1. The van der Waals surface area contributed by atoms with Crippen LogP contribution < -0.4 is 11.1 Å². The van der Waals surface area contributed by atoms with Gasteiger partial charge in [0.25, 0.3) is 5.91 Å². The van der Waals surface area contributed by atoms with E-state index in [0.29, 0.717) is 10.6 Å². The van der Waals surface area contributed by atoms with Crippen LogP contribution in [-0.4, -0.2) is 30.1 Å². The second-order valence-corrected chi connectivity index (χ2v) is 6.99. The molecule has 142 valence electrons. The highest BCUT2D eigenvalue weighted by Crippen LogP contribution is 2.26. The van der Waals surface area contributed by atoms with Crippen molar-refractivity contribution in [1.29, 1.82) is 0 Å². The van der Waals surface area contributed by atoms with Crippen LogP contribution in [-0.2, 0) is 19.1 Å². The van der Waals surface area contributed by atoms with E-state index in [2.05, 4.69) is 5.32 Å². The molecule has 0 radical (unpaired) electrons. The van der Waals surface area contributed by atoms with E-state index < -0.39 is 17.8 Å². The van der Waals surface area contributed by atoms with Crippen LogP contribution in [0.3, 0.4) is 0 Å². The van der Waals surface area contributed by atoms with Gasteiger partial charge in [0.2, 0.25) is 5.91 Å². The lowest BCUT2D eigenvalue weighted by molar-refractivity contribution is -0.147. The Bertz CT molecular complexity index is 796. The molecule has 3 N–H and O–H groups in total. The highest BCUT2D eigenvalue weighted by atomic mass is 32.2. The number of carbonyl (C=O) groups is 3. The molecule has 0 bridgehead atoms. The van der Waals surface area contributed by atoms with Gasteiger partial charge in [0.1, 0.15) is 0 Å². The molecule has 0 saturated heterocycles. The van der Waals surface area contributed by atoms with Crippen molar-refractivity contribution >= 4 is 35.2 Å². The van der Waals surface area contributed by atoms with Gasteiger partial charge in [0.15, 0.2) is 6.61 Å². The molecule has 2 aromatic rings. The zero-order chi connectivity index (χ0) is 19.6. The minimum Gasteiger partial charge on any atom is -0.456 e. The third-order valence-corrected chi connectivity index (χ3v) is 4.83. The number of ether oxygens (including phenoxy) is 1. The molecule has 2 aromatic carbocycles. The number of carbonyl (C=O) groups excluding carboxylic acids is 3. The van der Waals surface area contributed by atoms with Crippen molar-refractivity contribution < 1.29 is 19.1 Å². The number of primary amides is 1. The van der Waals surface area contributed by atoms with Crippen LogP contribution >= 0.6 is 11.8 Å². The third-order valence-electron chi connectivity index (χ3n) is 3.74. The van der Waals surface area contributed by atoms with Crippen molar-refractivity contribution in [3.8, 4) is 0 Å². The monoisotopic (exact) mass is 386 g/mol. The van der Waals surface area contributed by atoms with Gasteiger partial charge in [0.05, 0.1) is 17.9 Å². The molecule has 0 unspecified atom stereocenters. The van der Waals surface area contributed by atoms with Crippen LogP contribution in [0.4, 0.5) is 5.69 Å². The summed E-state index contributed by atoms with van der Waals surface area (Å²) >= 11 is 1.23. The Hall–Kier alpha value is -2.80. The number of benzene rings is 2. The number of anilines is 1. The number of rotatable bonds is 9. The van der Waals surface area contributed by atoms with Crippen LogP contribution in [0, 0.1) is 0 Å². The average molecular weight is 386 g/mol. The maximum Gasteiger partial charge on any atom is 0.306 e. The SMILES string of the molecule is C[C@H](CC(=O)OCC(=O)Nc1ccccc1SCC(N)=O)c1ccccc1. The summed E-state index contributed by atoms with van der Waals surface area (Å²) in [4.78, 5) is 35.7. The summed E-state index contributed by atoms with van der Waals surface area (Å²) < 4.78 is 5.07. The summed E-state index contributed by atoms with van der Waals surface area (Å²) in [5, 5.41) is 2.69. The number of amides is 2. The molecule has 0 aromatic heterocycles. The third kappa shape index (κ3) is 7.15. The maximum atomic E-state index is 12.1. The topological polar surface area (TPSA) is 98.5 Å². The van der Waals surface area contributed by atoms with Gasteiger partial charge >= 0.3 is 5.97 Å². The molecule has 1 atom stereocenters. The summed E-state index contributed by atoms with van der Waals surface area (Å²) in [7, 11) is 0. The number of nitrogens with one attached hydrogen (secondary N) is 1. The fourth-order valence-corrected chi connectivity index (χ4v) is 3.13. The predicted octanol–water partition coefficient (Wildman–Crippen LogP) is 2.94. The Labute approximate surface area is 162 Å². The first-order chi connectivity index (χ1) is 13.0. The highest BCUT2D eigenvalue weighted by Gasteiger charge is 2.14.